The molecule has 0 atom stereocenters. The van der Waals surface area contributed by atoms with Crippen molar-refractivity contribution in [1.29, 1.82) is 0 Å². The van der Waals surface area contributed by atoms with Crippen molar-refractivity contribution in [2.24, 2.45) is 0 Å². The number of hydrogen-bond acceptors (Lipinski definition) is 4. The molecule has 0 saturated carbocycles. The lowest BCUT2D eigenvalue weighted by Gasteiger charge is -2.05. The van der Waals surface area contributed by atoms with Crippen LogP contribution in [0.4, 0.5) is 5.95 Å². The Balaban J connectivity index is 2.44. The Hall–Kier alpha value is -2.04. The molecule has 0 aliphatic rings. The average Bonchev–Trinajstić information content (AvgIpc) is 2.58. The fourth-order valence-corrected chi connectivity index (χ4v) is 1.76. The summed E-state index contributed by atoms with van der Waals surface area (Å²) in [4.78, 5) is 4.04. The van der Waals surface area contributed by atoms with Gasteiger partial charge in [0, 0.05) is 0 Å². The standard InChI is InChI=1S/C12H16N4O/c1-4-17-12-14-11(13)16(15-12)10-6-8(2)5-9(3)7-10/h5-7H,4H2,1-3H3,(H2,13,14,15). The molecule has 0 aliphatic carbocycles. The molecule has 0 radical (unpaired) electrons. The van der Waals surface area contributed by atoms with Crippen LogP contribution in [0, 0.1) is 13.8 Å². The number of nitrogen functional groups attached to an aromatic ring is 1. The number of nitrogens with two attached hydrogens (primary N) is 1. The summed E-state index contributed by atoms with van der Waals surface area (Å²) in [5.41, 5.74) is 9.03. The Bertz CT molecular complexity index is 513. The van der Waals surface area contributed by atoms with Crippen molar-refractivity contribution in [1.82, 2.24) is 14.8 Å². The van der Waals surface area contributed by atoms with Crippen molar-refractivity contribution >= 4 is 5.95 Å². The van der Waals surface area contributed by atoms with Gasteiger partial charge in [0.2, 0.25) is 5.95 Å². The molecule has 0 fully saturated rings. The van der Waals surface area contributed by atoms with Gasteiger partial charge in [-0.1, -0.05) is 6.07 Å². The second-order valence-electron chi connectivity index (χ2n) is 3.94. The van der Waals surface area contributed by atoms with E-state index in [1.54, 1.807) is 4.68 Å². The maximum atomic E-state index is 5.81. The fourth-order valence-electron chi connectivity index (χ4n) is 1.76. The molecule has 2 rings (SSSR count). The number of aryl methyl sites for hydroxylation is 2. The van der Waals surface area contributed by atoms with E-state index in [2.05, 4.69) is 16.1 Å². The van der Waals surface area contributed by atoms with Crippen molar-refractivity contribution in [3.8, 4) is 11.7 Å². The van der Waals surface area contributed by atoms with Gasteiger partial charge < -0.3 is 10.5 Å². The summed E-state index contributed by atoms with van der Waals surface area (Å²) in [6.07, 6.45) is 0. The number of benzene rings is 1. The summed E-state index contributed by atoms with van der Waals surface area (Å²) in [6.45, 7) is 6.48. The van der Waals surface area contributed by atoms with Gasteiger partial charge in [-0.25, -0.2) is 0 Å². The number of ether oxygens (including phenoxy) is 1. The van der Waals surface area contributed by atoms with E-state index in [0.717, 1.165) is 16.8 Å². The van der Waals surface area contributed by atoms with Crippen LogP contribution in [-0.4, -0.2) is 21.4 Å². The van der Waals surface area contributed by atoms with E-state index in [1.165, 1.54) is 0 Å². The van der Waals surface area contributed by atoms with Crippen LogP contribution in [0.25, 0.3) is 5.69 Å². The summed E-state index contributed by atoms with van der Waals surface area (Å²) < 4.78 is 6.81. The summed E-state index contributed by atoms with van der Waals surface area (Å²) in [7, 11) is 0. The average molecular weight is 232 g/mol. The van der Waals surface area contributed by atoms with E-state index in [1.807, 2.05) is 32.9 Å². The zero-order valence-electron chi connectivity index (χ0n) is 10.3. The molecule has 1 aromatic heterocycles. The van der Waals surface area contributed by atoms with Crippen molar-refractivity contribution in [2.75, 3.05) is 12.3 Å². The molecular formula is C12H16N4O. The molecule has 0 aliphatic heterocycles. The van der Waals surface area contributed by atoms with E-state index in [9.17, 15) is 0 Å². The highest BCUT2D eigenvalue weighted by Crippen LogP contribution is 2.17. The topological polar surface area (TPSA) is 66.0 Å². The van der Waals surface area contributed by atoms with Gasteiger partial charge in [-0.05, 0) is 44.0 Å². The molecule has 1 aromatic carbocycles. The van der Waals surface area contributed by atoms with Crippen molar-refractivity contribution < 1.29 is 4.74 Å². The minimum absolute atomic E-state index is 0.309. The van der Waals surface area contributed by atoms with Crippen LogP contribution in [0.5, 0.6) is 6.01 Å². The molecular weight excluding hydrogens is 216 g/mol. The normalized spacial score (nSPS) is 10.5. The van der Waals surface area contributed by atoms with Crippen LogP contribution < -0.4 is 10.5 Å². The lowest BCUT2D eigenvalue weighted by molar-refractivity contribution is 0.312. The van der Waals surface area contributed by atoms with Crippen LogP contribution in [-0.2, 0) is 0 Å². The third kappa shape index (κ3) is 2.38. The van der Waals surface area contributed by atoms with Crippen molar-refractivity contribution in [2.45, 2.75) is 20.8 Å². The van der Waals surface area contributed by atoms with E-state index in [-0.39, 0.29) is 0 Å². The third-order valence-electron chi connectivity index (χ3n) is 2.34. The lowest BCUT2D eigenvalue weighted by atomic mass is 10.1. The Kier molecular flexibility index (Phi) is 2.99. The molecule has 17 heavy (non-hydrogen) atoms. The first-order valence-electron chi connectivity index (χ1n) is 5.54. The van der Waals surface area contributed by atoms with E-state index < -0.39 is 0 Å². The molecule has 0 spiro atoms. The first kappa shape index (κ1) is 11.4. The smallest absolute Gasteiger partial charge is 0.337 e. The van der Waals surface area contributed by atoms with Gasteiger partial charge in [0.15, 0.2) is 0 Å². The van der Waals surface area contributed by atoms with Crippen LogP contribution >= 0.6 is 0 Å². The number of hydrogen-bond donors (Lipinski definition) is 1. The molecule has 1 heterocycles. The summed E-state index contributed by atoms with van der Waals surface area (Å²) in [5, 5.41) is 4.21. The molecule has 0 unspecified atom stereocenters. The molecule has 2 N–H and O–H groups in total. The maximum absolute atomic E-state index is 5.81. The molecule has 0 amide bonds. The highest BCUT2D eigenvalue weighted by molar-refractivity contribution is 5.43. The largest absolute Gasteiger partial charge is 0.463 e. The monoisotopic (exact) mass is 232 g/mol. The lowest BCUT2D eigenvalue weighted by Crippen LogP contribution is -2.03. The van der Waals surface area contributed by atoms with E-state index >= 15 is 0 Å². The molecule has 5 heteroatoms. The van der Waals surface area contributed by atoms with Crippen LogP contribution in [0.1, 0.15) is 18.1 Å². The van der Waals surface area contributed by atoms with Crippen LogP contribution in [0.3, 0.4) is 0 Å². The highest BCUT2D eigenvalue weighted by atomic mass is 16.5. The third-order valence-corrected chi connectivity index (χ3v) is 2.34. The first-order chi connectivity index (χ1) is 8.10. The van der Waals surface area contributed by atoms with Gasteiger partial charge in [0.05, 0.1) is 12.3 Å². The van der Waals surface area contributed by atoms with Crippen molar-refractivity contribution in [3.63, 3.8) is 0 Å². The Morgan fingerprint density at radius 3 is 2.47 bits per heavy atom. The number of nitrogens with zero attached hydrogens (tertiary/aromatic N) is 3. The summed E-state index contributed by atoms with van der Waals surface area (Å²) in [6, 6.07) is 6.42. The first-order valence-corrected chi connectivity index (χ1v) is 5.54. The van der Waals surface area contributed by atoms with Gasteiger partial charge in [-0.15, -0.1) is 5.10 Å². The molecule has 0 saturated heterocycles. The molecule has 2 aromatic rings. The predicted octanol–water partition coefficient (Wildman–Crippen LogP) is 1.87. The molecule has 5 nitrogen and oxygen atoms in total. The summed E-state index contributed by atoms with van der Waals surface area (Å²) >= 11 is 0. The fraction of sp³-hybridized carbons (Fsp3) is 0.333. The molecule has 90 valence electrons. The quantitative estimate of drug-likeness (QED) is 0.877. The zero-order valence-corrected chi connectivity index (χ0v) is 10.3. The van der Waals surface area contributed by atoms with Crippen LogP contribution in [0.2, 0.25) is 0 Å². The number of aromatic nitrogens is 3. The van der Waals surface area contributed by atoms with E-state index in [0.29, 0.717) is 18.6 Å². The maximum Gasteiger partial charge on any atom is 0.337 e. The van der Waals surface area contributed by atoms with Crippen LogP contribution in [0.15, 0.2) is 18.2 Å². The second-order valence-corrected chi connectivity index (χ2v) is 3.94. The minimum atomic E-state index is 0.309. The SMILES string of the molecule is CCOc1nc(N)n(-c2cc(C)cc(C)c2)n1. The molecule has 0 bridgehead atoms. The van der Waals surface area contributed by atoms with Gasteiger partial charge >= 0.3 is 6.01 Å². The van der Waals surface area contributed by atoms with Gasteiger partial charge in [-0.2, -0.15) is 9.67 Å². The van der Waals surface area contributed by atoms with Gasteiger partial charge in [-0.3, -0.25) is 0 Å². The highest BCUT2D eigenvalue weighted by Gasteiger charge is 2.09. The minimum Gasteiger partial charge on any atom is -0.463 e. The number of anilines is 1. The second kappa shape index (κ2) is 4.45. The van der Waals surface area contributed by atoms with E-state index in [4.69, 9.17) is 10.5 Å². The predicted molar refractivity (Wildman–Crippen MR) is 66.4 cm³/mol. The Morgan fingerprint density at radius 1 is 1.24 bits per heavy atom. The Labute approximate surface area is 100 Å². The van der Waals surface area contributed by atoms with Gasteiger partial charge in [0.25, 0.3) is 0 Å². The summed E-state index contributed by atoms with van der Waals surface area (Å²) in [5.74, 6) is 0.332. The Morgan fingerprint density at radius 2 is 1.88 bits per heavy atom. The number of rotatable bonds is 3. The zero-order chi connectivity index (χ0) is 12.4. The van der Waals surface area contributed by atoms with Gasteiger partial charge in [0.1, 0.15) is 0 Å². The van der Waals surface area contributed by atoms with Crippen molar-refractivity contribution in [3.05, 3.63) is 29.3 Å².